The molecule has 0 fully saturated rings. The highest BCUT2D eigenvalue weighted by Crippen LogP contribution is 2.45. The molecule has 0 aliphatic rings. The number of H-pyrrole nitrogens is 2. The Morgan fingerprint density at radius 1 is 0.658 bits per heavy atom. The van der Waals surface area contributed by atoms with Crippen LogP contribution in [0.15, 0.2) is 122 Å². The fourth-order valence-electron chi connectivity index (χ4n) is 5.44. The third kappa shape index (κ3) is 3.68. The fourth-order valence-corrected chi connectivity index (χ4v) is 5.44. The monoisotopic (exact) mass is 494 g/mol. The summed E-state index contributed by atoms with van der Waals surface area (Å²) in [6.07, 6.45) is 4.26. The summed E-state index contributed by atoms with van der Waals surface area (Å²) in [5, 5.41) is 7.41. The second-order valence-corrected chi connectivity index (χ2v) is 9.48. The van der Waals surface area contributed by atoms with Crippen LogP contribution in [0.2, 0.25) is 0 Å². The van der Waals surface area contributed by atoms with Gasteiger partial charge in [0.2, 0.25) is 5.88 Å². The van der Waals surface area contributed by atoms with Crippen molar-refractivity contribution < 1.29 is 4.74 Å². The van der Waals surface area contributed by atoms with Crippen molar-refractivity contribution in [2.24, 2.45) is 0 Å². The van der Waals surface area contributed by atoms with E-state index in [0.717, 1.165) is 33.7 Å². The lowest BCUT2D eigenvalue weighted by molar-refractivity contribution is 0.438. The Kier molecular flexibility index (Phi) is 5.33. The van der Waals surface area contributed by atoms with E-state index in [0.29, 0.717) is 5.88 Å². The number of ether oxygens (including phenoxy) is 1. The van der Waals surface area contributed by atoms with Gasteiger partial charge in [-0.1, -0.05) is 72.8 Å². The van der Waals surface area contributed by atoms with Gasteiger partial charge in [-0.05, 0) is 54.4 Å². The molecule has 0 unspecified atom stereocenters. The molecule has 0 saturated heterocycles. The number of fused-ring (bicyclic) bond motifs is 2. The van der Waals surface area contributed by atoms with Crippen molar-refractivity contribution in [2.45, 2.75) is 12.8 Å². The van der Waals surface area contributed by atoms with E-state index in [9.17, 15) is 0 Å². The average Bonchev–Trinajstić information content (AvgIpc) is 3.67. The van der Waals surface area contributed by atoms with Gasteiger partial charge in [-0.2, -0.15) is 5.10 Å². The van der Waals surface area contributed by atoms with Gasteiger partial charge in [0.1, 0.15) is 5.75 Å². The van der Waals surface area contributed by atoms with Crippen LogP contribution in [0.4, 0.5) is 0 Å². The summed E-state index contributed by atoms with van der Waals surface area (Å²) in [7, 11) is 0. The van der Waals surface area contributed by atoms with Crippen LogP contribution in [0, 0.1) is 6.92 Å². The Balaban J connectivity index is 1.54. The molecule has 0 atom stereocenters. The van der Waals surface area contributed by atoms with E-state index in [4.69, 9.17) is 9.84 Å². The third-order valence-corrected chi connectivity index (χ3v) is 7.17. The number of aryl methyl sites for hydroxylation is 1. The van der Waals surface area contributed by atoms with Gasteiger partial charge in [0.15, 0.2) is 0 Å². The van der Waals surface area contributed by atoms with Crippen LogP contribution < -0.4 is 4.74 Å². The smallest absolute Gasteiger partial charge is 0.227 e. The maximum Gasteiger partial charge on any atom is 0.227 e. The highest BCUT2D eigenvalue weighted by atomic mass is 16.5. The normalized spacial score (nSPS) is 11.5. The minimum absolute atomic E-state index is 0.126. The van der Waals surface area contributed by atoms with Gasteiger partial charge in [0.05, 0.1) is 11.4 Å². The van der Waals surface area contributed by atoms with Gasteiger partial charge >= 0.3 is 0 Å². The molecular formula is C33H26N4O. The number of aromatic nitrogens is 4. The summed E-state index contributed by atoms with van der Waals surface area (Å²) in [5.74, 6) is 1.35. The summed E-state index contributed by atoms with van der Waals surface area (Å²) in [4.78, 5) is 6.99. The molecule has 2 N–H and O–H groups in total. The van der Waals surface area contributed by atoms with Crippen LogP contribution in [-0.4, -0.2) is 19.7 Å². The number of hydrogen-bond donors (Lipinski definition) is 2. The Hall–Kier alpha value is -5.03. The van der Waals surface area contributed by atoms with Crippen LogP contribution in [0.1, 0.15) is 28.3 Å². The molecular weight excluding hydrogens is 468 g/mol. The highest BCUT2D eigenvalue weighted by Gasteiger charge is 2.31. The first-order valence-electron chi connectivity index (χ1n) is 12.8. The average molecular weight is 495 g/mol. The number of nitrogens with zero attached hydrogens (tertiary/aromatic N) is 2. The first-order valence-corrected chi connectivity index (χ1v) is 12.8. The Morgan fingerprint density at radius 2 is 1.18 bits per heavy atom. The van der Waals surface area contributed by atoms with E-state index in [2.05, 4.69) is 89.9 Å². The lowest BCUT2D eigenvalue weighted by atomic mass is 9.84. The molecule has 0 saturated carbocycles. The summed E-state index contributed by atoms with van der Waals surface area (Å²) in [6, 6.07) is 37.0. The van der Waals surface area contributed by atoms with Gasteiger partial charge < -0.3 is 14.7 Å². The quantitative estimate of drug-likeness (QED) is 0.245. The van der Waals surface area contributed by atoms with Crippen molar-refractivity contribution in [3.63, 3.8) is 0 Å². The molecule has 7 rings (SSSR count). The van der Waals surface area contributed by atoms with E-state index >= 15 is 0 Å². The van der Waals surface area contributed by atoms with Gasteiger partial charge in [-0.25, -0.2) is 4.68 Å². The minimum atomic E-state index is -0.126. The van der Waals surface area contributed by atoms with E-state index in [1.165, 1.54) is 21.9 Å². The van der Waals surface area contributed by atoms with Crippen LogP contribution in [-0.2, 0) is 0 Å². The molecule has 0 aliphatic carbocycles. The number of rotatable bonds is 6. The zero-order chi connectivity index (χ0) is 25.5. The summed E-state index contributed by atoms with van der Waals surface area (Å²) < 4.78 is 8.62. The van der Waals surface area contributed by atoms with Crippen molar-refractivity contribution in [2.75, 3.05) is 0 Å². The Morgan fingerprint density at radius 3 is 1.79 bits per heavy atom. The number of hydrogen-bond acceptors (Lipinski definition) is 2. The molecule has 38 heavy (non-hydrogen) atoms. The first-order chi connectivity index (χ1) is 18.8. The largest absolute Gasteiger partial charge is 0.439 e. The van der Waals surface area contributed by atoms with Crippen molar-refractivity contribution in [1.82, 2.24) is 19.7 Å². The summed E-state index contributed by atoms with van der Waals surface area (Å²) in [5.41, 5.74) is 7.46. The molecule has 184 valence electrons. The standard InChI is InChI=1S/C33H26N4O/c1-22-31(33(38-24-14-6-3-7-15-24)37(36-22)23-12-4-2-5-13-23)32(27-20-34-29-18-10-8-16-25(27)29)28-21-35-30-19-11-9-17-26(28)30/h2-21,32,34-35H,1H3. The van der Waals surface area contributed by atoms with Gasteiger partial charge in [0.25, 0.3) is 0 Å². The Bertz CT molecular complexity index is 1790. The molecule has 0 amide bonds. The number of aromatic amines is 2. The molecule has 5 nitrogen and oxygen atoms in total. The van der Waals surface area contributed by atoms with Gasteiger partial charge in [-0.3, -0.25) is 0 Å². The number of para-hydroxylation sites is 4. The van der Waals surface area contributed by atoms with Crippen LogP contribution in [0.5, 0.6) is 11.6 Å². The van der Waals surface area contributed by atoms with Crippen molar-refractivity contribution in [1.29, 1.82) is 0 Å². The molecule has 0 spiro atoms. The van der Waals surface area contributed by atoms with Crippen LogP contribution in [0.25, 0.3) is 27.5 Å². The zero-order valence-electron chi connectivity index (χ0n) is 20.9. The zero-order valence-corrected chi connectivity index (χ0v) is 20.9. The van der Waals surface area contributed by atoms with E-state index < -0.39 is 0 Å². The summed E-state index contributed by atoms with van der Waals surface area (Å²) in [6.45, 7) is 2.07. The maximum absolute atomic E-state index is 6.70. The van der Waals surface area contributed by atoms with Crippen LogP contribution >= 0.6 is 0 Å². The number of benzene rings is 4. The predicted octanol–water partition coefficient (Wildman–Crippen LogP) is 8.12. The molecule has 0 bridgehead atoms. The second-order valence-electron chi connectivity index (χ2n) is 9.48. The second kappa shape index (κ2) is 9.12. The predicted molar refractivity (Wildman–Crippen MR) is 152 cm³/mol. The number of nitrogens with one attached hydrogen (secondary N) is 2. The molecule has 3 heterocycles. The van der Waals surface area contributed by atoms with Crippen molar-refractivity contribution >= 4 is 21.8 Å². The van der Waals surface area contributed by atoms with Crippen molar-refractivity contribution in [3.8, 4) is 17.3 Å². The SMILES string of the molecule is Cc1nn(-c2ccccc2)c(Oc2ccccc2)c1C(c1c[nH]c2ccccc12)c1c[nH]c2ccccc12. The molecule has 5 heteroatoms. The molecule has 7 aromatic rings. The topological polar surface area (TPSA) is 58.6 Å². The maximum atomic E-state index is 6.70. The van der Waals surface area contributed by atoms with Gasteiger partial charge in [-0.15, -0.1) is 0 Å². The van der Waals surface area contributed by atoms with Crippen molar-refractivity contribution in [3.05, 3.63) is 144 Å². The molecule has 3 aromatic heterocycles. The summed E-state index contributed by atoms with van der Waals surface area (Å²) >= 11 is 0. The molecule has 4 aromatic carbocycles. The highest BCUT2D eigenvalue weighted by molar-refractivity contribution is 5.89. The fraction of sp³-hybridized carbons (Fsp3) is 0.0606. The van der Waals surface area contributed by atoms with E-state index in [-0.39, 0.29) is 5.92 Å². The van der Waals surface area contributed by atoms with Crippen LogP contribution in [0.3, 0.4) is 0 Å². The van der Waals surface area contributed by atoms with E-state index in [1.54, 1.807) is 0 Å². The van der Waals surface area contributed by atoms with E-state index in [1.807, 2.05) is 53.2 Å². The molecule has 0 aliphatic heterocycles. The molecule has 0 radical (unpaired) electrons. The lowest BCUT2D eigenvalue weighted by Gasteiger charge is -2.19. The van der Waals surface area contributed by atoms with Gasteiger partial charge in [0, 0.05) is 45.7 Å². The first kappa shape index (κ1) is 22.2. The third-order valence-electron chi connectivity index (χ3n) is 7.17. The lowest BCUT2D eigenvalue weighted by Crippen LogP contribution is -2.06. The minimum Gasteiger partial charge on any atom is -0.439 e. The Labute approximate surface area is 220 Å².